The summed E-state index contributed by atoms with van der Waals surface area (Å²) in [5, 5.41) is 31.0. The lowest BCUT2D eigenvalue weighted by Crippen LogP contribution is -1.75. The fourth-order valence-electron chi connectivity index (χ4n) is 0. The molecule has 0 aromatic rings. The van der Waals surface area contributed by atoms with E-state index in [1.54, 1.807) is 0 Å². The summed E-state index contributed by atoms with van der Waals surface area (Å²) in [6.07, 6.45) is 0. The van der Waals surface area contributed by atoms with E-state index in [1.807, 2.05) is 13.8 Å². The van der Waals surface area contributed by atoms with Crippen LogP contribution in [-0.4, -0.2) is 21.0 Å². The van der Waals surface area contributed by atoms with Crippen molar-refractivity contribution < 1.29 is 31.1 Å². The van der Waals surface area contributed by atoms with Crippen LogP contribution in [-0.2, 0) is 10.1 Å². The van der Waals surface area contributed by atoms with Crippen molar-refractivity contribution in [2.45, 2.75) is 21.3 Å². The summed E-state index contributed by atoms with van der Waals surface area (Å²) in [5.41, 5.74) is 0. The Balaban J connectivity index is -0.0000000221. The Labute approximate surface area is 53.6 Å². The van der Waals surface area contributed by atoms with Gasteiger partial charge in [-0.2, -0.15) is 0 Å². The number of hydrogen-bond acceptors (Lipinski definition) is 6. The van der Waals surface area contributed by atoms with Crippen LogP contribution in [0.25, 0.3) is 0 Å². The molecule has 0 aliphatic heterocycles. The Morgan fingerprint density at radius 3 is 1.00 bits per heavy atom. The third kappa shape index (κ3) is 446. The monoisotopic (exact) mass is 146 g/mol. The standard InChI is InChI=1S/C2H6.CH4.H2O4.H2O2/c1-2;;1-3-4-2;1-2/h1-2H3;1H4;1-2H;1-2H. The van der Waals surface area contributed by atoms with Crippen molar-refractivity contribution in [3.63, 3.8) is 0 Å². The number of rotatable bonds is 1. The Kier molecular flexibility index (Phi) is 296. The van der Waals surface area contributed by atoms with Crippen molar-refractivity contribution in [2.75, 3.05) is 0 Å². The molecule has 0 heterocycles. The molecule has 0 radical (unpaired) electrons. The largest absolute Gasteiger partial charge is 0.255 e. The minimum Gasteiger partial charge on any atom is -0.255 e. The van der Waals surface area contributed by atoms with Gasteiger partial charge >= 0.3 is 0 Å². The third-order valence-electron chi connectivity index (χ3n) is 0.0333. The average Bonchev–Trinajstić information content (AvgIpc) is 1.96. The molecule has 0 unspecified atom stereocenters. The Bertz CT molecular complexity index is 10.3. The molecule has 0 saturated carbocycles. The second kappa shape index (κ2) is 114. The molecule has 0 bridgehead atoms. The van der Waals surface area contributed by atoms with Crippen LogP contribution in [0.3, 0.4) is 0 Å². The van der Waals surface area contributed by atoms with Gasteiger partial charge in [0.05, 0.1) is 0 Å². The van der Waals surface area contributed by atoms with Crippen molar-refractivity contribution in [1.82, 2.24) is 0 Å². The third-order valence-corrected chi connectivity index (χ3v) is 0.0333. The Morgan fingerprint density at radius 2 is 1.00 bits per heavy atom. The fraction of sp³-hybridized carbons (Fsp3) is 1.00. The topological polar surface area (TPSA) is 99.4 Å². The first-order chi connectivity index (χ1) is 3.91. The van der Waals surface area contributed by atoms with Gasteiger partial charge in [-0.25, -0.2) is 10.5 Å². The molecular formula is C3H14O6. The summed E-state index contributed by atoms with van der Waals surface area (Å²) in [5.74, 6) is 0. The van der Waals surface area contributed by atoms with Crippen LogP contribution in [0.1, 0.15) is 21.3 Å². The Morgan fingerprint density at radius 1 is 0.889 bits per heavy atom. The smallest absolute Gasteiger partial charge is 0.0395 e. The highest BCUT2D eigenvalue weighted by molar-refractivity contribution is 3.50. The van der Waals surface area contributed by atoms with Crippen molar-refractivity contribution in [3.8, 4) is 0 Å². The van der Waals surface area contributed by atoms with Crippen LogP contribution in [0.15, 0.2) is 0 Å². The molecule has 0 spiro atoms. The maximum Gasteiger partial charge on any atom is -0.0395 e. The maximum absolute atomic E-state index is 6.90. The highest BCUT2D eigenvalue weighted by atomic mass is 17.6. The average molecular weight is 146 g/mol. The van der Waals surface area contributed by atoms with Crippen LogP contribution in [0.4, 0.5) is 0 Å². The van der Waals surface area contributed by atoms with E-state index >= 15 is 0 Å². The zero-order valence-electron chi connectivity index (χ0n) is 4.61. The van der Waals surface area contributed by atoms with Crippen molar-refractivity contribution in [3.05, 3.63) is 0 Å². The highest BCUT2D eigenvalue weighted by Gasteiger charge is 1.53. The Hall–Kier alpha value is -0.240. The molecule has 0 aromatic carbocycles. The van der Waals surface area contributed by atoms with Crippen LogP contribution in [0.5, 0.6) is 0 Å². The van der Waals surface area contributed by atoms with Gasteiger partial charge < -0.3 is 0 Å². The second-order valence-corrected chi connectivity index (χ2v) is 0.149. The quantitative estimate of drug-likeness (QED) is 0.331. The molecule has 6 nitrogen and oxygen atoms in total. The summed E-state index contributed by atoms with van der Waals surface area (Å²) in [6.45, 7) is 4.00. The van der Waals surface area contributed by atoms with E-state index < -0.39 is 0 Å². The van der Waals surface area contributed by atoms with Gasteiger partial charge in [-0.05, 0) is 10.1 Å². The SMILES string of the molecule is C.CC.OO.OOOO. The maximum atomic E-state index is 6.90. The molecular weight excluding hydrogens is 132 g/mol. The fourth-order valence-corrected chi connectivity index (χ4v) is 0. The first kappa shape index (κ1) is 23.3. The highest BCUT2D eigenvalue weighted by Crippen LogP contribution is 1.49. The zero-order chi connectivity index (χ0) is 7.41. The minimum absolute atomic E-state index is 0. The van der Waals surface area contributed by atoms with E-state index in [4.69, 9.17) is 21.0 Å². The zero-order valence-corrected chi connectivity index (χ0v) is 4.61. The summed E-state index contributed by atoms with van der Waals surface area (Å²) in [6, 6.07) is 0. The van der Waals surface area contributed by atoms with Crippen LogP contribution in [0.2, 0.25) is 0 Å². The normalized spacial score (nSPS) is 4.67. The molecule has 0 atom stereocenters. The first-order valence-electron chi connectivity index (χ1n) is 1.73. The molecule has 0 rings (SSSR count). The van der Waals surface area contributed by atoms with Gasteiger partial charge in [0.1, 0.15) is 0 Å². The van der Waals surface area contributed by atoms with Crippen molar-refractivity contribution in [2.24, 2.45) is 0 Å². The molecule has 0 fully saturated rings. The molecule has 0 saturated heterocycles. The van der Waals surface area contributed by atoms with Gasteiger partial charge in [0.15, 0.2) is 0 Å². The molecule has 0 aliphatic carbocycles. The predicted molar refractivity (Wildman–Crippen MR) is 30.8 cm³/mol. The lowest BCUT2D eigenvalue weighted by atomic mass is 11.0. The van der Waals surface area contributed by atoms with Gasteiger partial charge in [-0.15, -0.1) is 0 Å². The van der Waals surface area contributed by atoms with E-state index in [0.29, 0.717) is 0 Å². The van der Waals surface area contributed by atoms with E-state index in [2.05, 4.69) is 10.1 Å². The second-order valence-electron chi connectivity index (χ2n) is 0.149. The van der Waals surface area contributed by atoms with E-state index in [9.17, 15) is 0 Å². The van der Waals surface area contributed by atoms with Crippen molar-refractivity contribution in [1.29, 1.82) is 0 Å². The summed E-state index contributed by atoms with van der Waals surface area (Å²) < 4.78 is 0. The van der Waals surface area contributed by atoms with Gasteiger partial charge in [0, 0.05) is 0 Å². The van der Waals surface area contributed by atoms with Crippen LogP contribution in [0, 0.1) is 0 Å². The molecule has 0 aromatic heterocycles. The van der Waals surface area contributed by atoms with E-state index in [1.165, 1.54) is 0 Å². The summed E-state index contributed by atoms with van der Waals surface area (Å²) in [7, 11) is 0. The van der Waals surface area contributed by atoms with Gasteiger partial charge in [-0.3, -0.25) is 10.5 Å². The van der Waals surface area contributed by atoms with E-state index in [-0.39, 0.29) is 7.43 Å². The number of hydrogen-bond donors (Lipinski definition) is 4. The van der Waals surface area contributed by atoms with Gasteiger partial charge in [0.25, 0.3) is 0 Å². The lowest BCUT2D eigenvalue weighted by Gasteiger charge is -1.71. The lowest BCUT2D eigenvalue weighted by molar-refractivity contribution is -0.611. The molecule has 0 amide bonds. The van der Waals surface area contributed by atoms with Gasteiger partial charge in [0.2, 0.25) is 0 Å². The molecule has 6 heteroatoms. The molecule has 9 heavy (non-hydrogen) atoms. The minimum atomic E-state index is 0. The van der Waals surface area contributed by atoms with Crippen LogP contribution >= 0.6 is 0 Å². The molecule has 0 aliphatic rings. The molecule has 62 valence electrons. The van der Waals surface area contributed by atoms with Gasteiger partial charge in [-0.1, -0.05) is 21.3 Å². The molecule has 4 N–H and O–H groups in total. The van der Waals surface area contributed by atoms with Crippen LogP contribution < -0.4 is 0 Å². The summed E-state index contributed by atoms with van der Waals surface area (Å²) >= 11 is 0. The van der Waals surface area contributed by atoms with E-state index in [0.717, 1.165) is 0 Å². The predicted octanol–water partition coefficient (Wildman–Crippen LogP) is 1.56. The van der Waals surface area contributed by atoms with Crippen molar-refractivity contribution >= 4 is 0 Å². The first-order valence-corrected chi connectivity index (χ1v) is 1.73. The summed E-state index contributed by atoms with van der Waals surface area (Å²) in [4.78, 5) is 0.